The van der Waals surface area contributed by atoms with Gasteiger partial charge in [-0.05, 0) is 43.3 Å². The number of carbonyl (C=O) groups is 1. The molecule has 0 unspecified atom stereocenters. The molecule has 3 aromatic heterocycles. The summed E-state index contributed by atoms with van der Waals surface area (Å²) in [6.07, 6.45) is 1.62. The summed E-state index contributed by atoms with van der Waals surface area (Å²) >= 11 is 7.59. The molecule has 9 heteroatoms. The highest BCUT2D eigenvalue weighted by atomic mass is 35.5. The molecule has 1 amide bonds. The number of benzene rings is 1. The number of nitrogens with one attached hydrogen (secondary N) is 1. The van der Waals surface area contributed by atoms with Crippen LogP contribution in [0.25, 0.3) is 0 Å². The predicted octanol–water partition coefficient (Wildman–Crippen LogP) is 4.46. The van der Waals surface area contributed by atoms with Crippen molar-refractivity contribution in [2.24, 2.45) is 0 Å². The van der Waals surface area contributed by atoms with Crippen LogP contribution < -0.4 is 5.32 Å². The second-order valence-corrected chi connectivity index (χ2v) is 8.46. The average molecular weight is 441 g/mol. The van der Waals surface area contributed by atoms with Crippen LogP contribution in [0.3, 0.4) is 0 Å². The highest BCUT2D eigenvalue weighted by Crippen LogP contribution is 2.22. The highest BCUT2D eigenvalue weighted by Gasteiger charge is 2.14. The van der Waals surface area contributed by atoms with Gasteiger partial charge in [0.2, 0.25) is 5.95 Å². The van der Waals surface area contributed by atoms with Crippen molar-refractivity contribution in [2.45, 2.75) is 33.9 Å². The minimum atomic E-state index is -0.231. The van der Waals surface area contributed by atoms with Crippen molar-refractivity contribution in [3.63, 3.8) is 0 Å². The molecule has 0 radical (unpaired) electrons. The lowest BCUT2D eigenvalue weighted by Gasteiger charge is -2.02. The molecular formula is C21H21ClN6OS. The number of amides is 1. The molecule has 0 bridgehead atoms. The van der Waals surface area contributed by atoms with Gasteiger partial charge in [-0.15, -0.1) is 16.4 Å². The van der Waals surface area contributed by atoms with Gasteiger partial charge >= 0.3 is 0 Å². The maximum absolute atomic E-state index is 12.6. The van der Waals surface area contributed by atoms with E-state index in [1.54, 1.807) is 11.0 Å². The Hall–Kier alpha value is -2.97. The number of halogens is 1. The van der Waals surface area contributed by atoms with Crippen LogP contribution in [-0.2, 0) is 13.1 Å². The zero-order valence-corrected chi connectivity index (χ0v) is 18.5. The molecule has 0 fully saturated rings. The van der Waals surface area contributed by atoms with Gasteiger partial charge < -0.3 is 0 Å². The molecule has 0 spiro atoms. The summed E-state index contributed by atoms with van der Waals surface area (Å²) < 4.78 is 3.55. The molecular weight excluding hydrogens is 420 g/mol. The van der Waals surface area contributed by atoms with Crippen LogP contribution in [0, 0.1) is 20.8 Å². The summed E-state index contributed by atoms with van der Waals surface area (Å²) in [5, 5.41) is 14.2. The molecule has 0 aliphatic carbocycles. The number of aromatic nitrogens is 5. The first-order chi connectivity index (χ1) is 14.4. The third kappa shape index (κ3) is 4.44. The van der Waals surface area contributed by atoms with Crippen molar-refractivity contribution in [1.29, 1.82) is 0 Å². The number of anilines is 1. The first kappa shape index (κ1) is 20.3. The van der Waals surface area contributed by atoms with E-state index in [9.17, 15) is 4.79 Å². The largest absolute Gasteiger partial charge is 0.288 e. The Morgan fingerprint density at radius 3 is 2.70 bits per heavy atom. The van der Waals surface area contributed by atoms with E-state index in [2.05, 4.69) is 39.6 Å². The third-order valence-corrected chi connectivity index (χ3v) is 6.22. The number of aryl methyl sites for hydroxylation is 2. The zero-order valence-electron chi connectivity index (χ0n) is 16.9. The summed E-state index contributed by atoms with van der Waals surface area (Å²) in [5.41, 5.74) is 5.03. The molecule has 0 saturated carbocycles. The van der Waals surface area contributed by atoms with E-state index in [0.717, 1.165) is 22.5 Å². The molecule has 1 aromatic carbocycles. The second-order valence-electron chi connectivity index (χ2n) is 7.17. The molecule has 4 rings (SSSR count). The Labute approximate surface area is 183 Å². The Kier molecular flexibility index (Phi) is 5.69. The Balaban J connectivity index is 1.40. The Morgan fingerprint density at radius 2 is 1.97 bits per heavy atom. The van der Waals surface area contributed by atoms with Crippen LogP contribution in [0.4, 0.5) is 5.95 Å². The monoisotopic (exact) mass is 440 g/mol. The molecule has 0 atom stereocenters. The standard InChI is InChI=1S/C21H21ClN6OS/c1-13-5-4-6-16(7-13)9-27-12-23-21(26-27)24-20(29)18-8-17(11-30-18)10-28-15(3)19(22)14(2)25-28/h4-8,11-12H,9-10H2,1-3H3,(H,24,26,29). The van der Waals surface area contributed by atoms with E-state index >= 15 is 0 Å². The van der Waals surface area contributed by atoms with Gasteiger partial charge in [-0.3, -0.25) is 14.8 Å². The summed E-state index contributed by atoms with van der Waals surface area (Å²) in [6, 6.07) is 10.1. The van der Waals surface area contributed by atoms with Crippen LogP contribution in [-0.4, -0.2) is 30.5 Å². The quantitative estimate of drug-likeness (QED) is 0.480. The molecule has 1 N–H and O–H groups in total. The topological polar surface area (TPSA) is 77.6 Å². The number of carbonyl (C=O) groups excluding carboxylic acids is 1. The van der Waals surface area contributed by atoms with E-state index in [-0.39, 0.29) is 11.9 Å². The lowest BCUT2D eigenvalue weighted by atomic mass is 10.1. The smallest absolute Gasteiger partial charge is 0.268 e. The van der Waals surface area contributed by atoms with E-state index in [1.165, 1.54) is 16.9 Å². The molecule has 154 valence electrons. The maximum Gasteiger partial charge on any atom is 0.268 e. The van der Waals surface area contributed by atoms with Crippen molar-refractivity contribution in [2.75, 3.05) is 5.32 Å². The Morgan fingerprint density at radius 1 is 1.13 bits per heavy atom. The number of thiophene rings is 1. The first-order valence-corrected chi connectivity index (χ1v) is 10.7. The summed E-state index contributed by atoms with van der Waals surface area (Å²) in [4.78, 5) is 17.4. The van der Waals surface area contributed by atoms with Gasteiger partial charge in [-0.25, -0.2) is 9.67 Å². The number of nitrogens with zero attached hydrogens (tertiary/aromatic N) is 5. The van der Waals surface area contributed by atoms with Gasteiger partial charge in [-0.2, -0.15) is 5.10 Å². The summed E-state index contributed by atoms with van der Waals surface area (Å²) in [7, 11) is 0. The molecule has 0 saturated heterocycles. The van der Waals surface area contributed by atoms with Gasteiger partial charge in [-0.1, -0.05) is 41.4 Å². The van der Waals surface area contributed by atoms with Crippen LogP contribution in [0.15, 0.2) is 42.0 Å². The maximum atomic E-state index is 12.6. The van der Waals surface area contributed by atoms with Gasteiger partial charge in [0.15, 0.2) is 0 Å². The van der Waals surface area contributed by atoms with Crippen molar-refractivity contribution in [3.05, 3.63) is 80.0 Å². The Bertz CT molecular complexity index is 1210. The minimum absolute atomic E-state index is 0.231. The van der Waals surface area contributed by atoms with Crippen LogP contribution >= 0.6 is 22.9 Å². The van der Waals surface area contributed by atoms with Gasteiger partial charge in [0.05, 0.1) is 34.4 Å². The van der Waals surface area contributed by atoms with Crippen molar-refractivity contribution >= 4 is 34.8 Å². The van der Waals surface area contributed by atoms with Crippen molar-refractivity contribution < 1.29 is 4.79 Å². The van der Waals surface area contributed by atoms with Crippen molar-refractivity contribution in [3.8, 4) is 0 Å². The molecule has 30 heavy (non-hydrogen) atoms. The number of rotatable bonds is 6. The fourth-order valence-electron chi connectivity index (χ4n) is 3.17. The summed E-state index contributed by atoms with van der Waals surface area (Å²) in [5.74, 6) is 0.0545. The van der Waals surface area contributed by atoms with E-state index < -0.39 is 0 Å². The van der Waals surface area contributed by atoms with Gasteiger partial charge in [0.25, 0.3) is 5.91 Å². The summed E-state index contributed by atoms with van der Waals surface area (Å²) in [6.45, 7) is 7.02. The van der Waals surface area contributed by atoms with Gasteiger partial charge in [0, 0.05) is 0 Å². The molecule has 0 aliphatic rings. The fraction of sp³-hybridized carbons (Fsp3) is 0.238. The van der Waals surface area contributed by atoms with Crippen LogP contribution in [0.2, 0.25) is 5.02 Å². The minimum Gasteiger partial charge on any atom is -0.288 e. The fourth-order valence-corrected chi connectivity index (χ4v) is 4.10. The SMILES string of the molecule is Cc1cccc(Cn2cnc(NC(=O)c3cc(Cn4nc(C)c(Cl)c4C)cs3)n2)c1. The molecule has 4 aromatic rings. The predicted molar refractivity (Wildman–Crippen MR) is 118 cm³/mol. The second kappa shape index (κ2) is 8.41. The van der Waals surface area contributed by atoms with Gasteiger partial charge in [0.1, 0.15) is 6.33 Å². The first-order valence-electron chi connectivity index (χ1n) is 9.42. The average Bonchev–Trinajstić information content (AvgIpc) is 3.40. The van der Waals surface area contributed by atoms with Crippen LogP contribution in [0.1, 0.15) is 37.7 Å². The lowest BCUT2D eigenvalue weighted by molar-refractivity contribution is 0.102. The third-order valence-electron chi connectivity index (χ3n) is 4.69. The number of hydrogen-bond donors (Lipinski definition) is 1. The van der Waals surface area contributed by atoms with E-state index in [0.29, 0.717) is 23.0 Å². The number of hydrogen-bond acceptors (Lipinski definition) is 5. The van der Waals surface area contributed by atoms with Crippen LogP contribution in [0.5, 0.6) is 0 Å². The lowest BCUT2D eigenvalue weighted by Crippen LogP contribution is -2.12. The van der Waals surface area contributed by atoms with E-state index in [4.69, 9.17) is 11.6 Å². The normalized spacial score (nSPS) is 11.1. The molecule has 7 nitrogen and oxygen atoms in total. The highest BCUT2D eigenvalue weighted by molar-refractivity contribution is 7.12. The van der Waals surface area contributed by atoms with E-state index in [1.807, 2.05) is 42.1 Å². The molecule has 3 heterocycles. The zero-order chi connectivity index (χ0) is 21.3. The van der Waals surface area contributed by atoms with Crippen molar-refractivity contribution in [1.82, 2.24) is 24.5 Å². The molecule has 0 aliphatic heterocycles.